The molecular weight excluding hydrogens is 566 g/mol. The lowest BCUT2D eigenvalue weighted by atomic mass is 10.1. The first-order valence-electron chi connectivity index (χ1n) is 13.8. The zero-order valence-electron chi connectivity index (χ0n) is 24.3. The number of carbonyl (C=O) groups excluding carboxylic acids is 2. The van der Waals surface area contributed by atoms with Crippen molar-refractivity contribution in [3.05, 3.63) is 115 Å². The van der Waals surface area contributed by atoms with Crippen LogP contribution in [0.25, 0.3) is 0 Å². The molecule has 4 aromatic rings. The molecule has 0 radical (unpaired) electrons. The largest absolute Gasteiger partial charge is 0.497 e. The molecule has 0 saturated carbocycles. The summed E-state index contributed by atoms with van der Waals surface area (Å²) in [6, 6.07) is 29.9. The number of nitrogens with zero attached hydrogens (tertiary/aromatic N) is 2. The Hall–Kier alpha value is -4.83. The second kappa shape index (κ2) is 14.4. The molecule has 0 spiro atoms. The maximum Gasteiger partial charge on any atom is 0.264 e. The first-order chi connectivity index (χ1) is 20.7. The van der Waals surface area contributed by atoms with Crippen molar-refractivity contribution >= 4 is 27.5 Å². The number of nitrogens with one attached hydrogen (secondary N) is 1. The van der Waals surface area contributed by atoms with Crippen LogP contribution in [0.2, 0.25) is 0 Å². The summed E-state index contributed by atoms with van der Waals surface area (Å²) in [4.78, 5) is 28.3. The number of methoxy groups -OCH3 is 1. The monoisotopic (exact) mass is 601 g/mol. The summed E-state index contributed by atoms with van der Waals surface area (Å²) >= 11 is 0. The summed E-state index contributed by atoms with van der Waals surface area (Å²) in [6.45, 7) is 3.36. The molecule has 10 heteroatoms. The van der Waals surface area contributed by atoms with Gasteiger partial charge in [-0.3, -0.25) is 13.9 Å². The lowest BCUT2D eigenvalue weighted by Crippen LogP contribution is -2.51. The van der Waals surface area contributed by atoms with Gasteiger partial charge >= 0.3 is 0 Å². The number of likely N-dealkylation sites (N-methyl/N-ethyl adjacent to an activating group) is 1. The molecule has 1 N–H and O–H groups in total. The molecule has 9 nitrogen and oxygen atoms in total. The van der Waals surface area contributed by atoms with Gasteiger partial charge in [0.2, 0.25) is 11.8 Å². The quantitative estimate of drug-likeness (QED) is 0.225. The third kappa shape index (κ3) is 7.92. The van der Waals surface area contributed by atoms with Crippen molar-refractivity contribution in [2.45, 2.75) is 31.3 Å². The number of anilines is 1. The third-order valence-corrected chi connectivity index (χ3v) is 8.53. The molecule has 224 valence electrons. The topological polar surface area (TPSA) is 105 Å². The number of para-hydroxylation sites is 1. The van der Waals surface area contributed by atoms with Gasteiger partial charge in [0.25, 0.3) is 10.0 Å². The highest BCUT2D eigenvalue weighted by atomic mass is 32.2. The fourth-order valence-corrected chi connectivity index (χ4v) is 5.82. The summed E-state index contributed by atoms with van der Waals surface area (Å²) in [5.74, 6) is 0.901. The average Bonchev–Trinajstić information content (AvgIpc) is 3.03. The van der Waals surface area contributed by atoms with Gasteiger partial charge in [0.1, 0.15) is 29.8 Å². The van der Waals surface area contributed by atoms with Crippen molar-refractivity contribution in [3.63, 3.8) is 0 Å². The van der Waals surface area contributed by atoms with Gasteiger partial charge in [0.05, 0.1) is 17.7 Å². The molecule has 2 amide bonds. The first kappa shape index (κ1) is 31.1. The number of benzene rings is 4. The second-order valence-electron chi connectivity index (χ2n) is 9.67. The number of amides is 2. The van der Waals surface area contributed by atoms with E-state index in [1.54, 1.807) is 87.7 Å². The molecule has 0 aliphatic carbocycles. The molecule has 0 saturated heterocycles. The highest BCUT2D eigenvalue weighted by Crippen LogP contribution is 2.28. The molecule has 0 aliphatic heterocycles. The molecule has 0 bridgehead atoms. The van der Waals surface area contributed by atoms with Crippen LogP contribution >= 0.6 is 0 Å². The summed E-state index contributed by atoms with van der Waals surface area (Å²) in [5.41, 5.74) is 1.03. The Morgan fingerprint density at radius 1 is 0.791 bits per heavy atom. The van der Waals surface area contributed by atoms with E-state index < -0.39 is 28.5 Å². The molecule has 0 heterocycles. The summed E-state index contributed by atoms with van der Waals surface area (Å²) in [5, 5.41) is 2.75. The fraction of sp³-hybridized carbons (Fsp3) is 0.212. The molecule has 1 atom stereocenters. The second-order valence-corrected chi connectivity index (χ2v) is 11.5. The predicted octanol–water partition coefficient (Wildman–Crippen LogP) is 5.24. The van der Waals surface area contributed by atoms with E-state index in [1.165, 1.54) is 17.0 Å². The van der Waals surface area contributed by atoms with Crippen molar-refractivity contribution < 1.29 is 27.5 Å². The van der Waals surface area contributed by atoms with Crippen LogP contribution < -0.4 is 19.1 Å². The third-order valence-electron chi connectivity index (χ3n) is 6.74. The van der Waals surface area contributed by atoms with E-state index in [4.69, 9.17) is 9.47 Å². The number of hydrogen-bond acceptors (Lipinski definition) is 6. The van der Waals surface area contributed by atoms with E-state index in [2.05, 4.69) is 5.32 Å². The predicted molar refractivity (Wildman–Crippen MR) is 166 cm³/mol. The zero-order chi connectivity index (χ0) is 30.8. The molecule has 4 rings (SSSR count). The Balaban J connectivity index is 1.68. The van der Waals surface area contributed by atoms with E-state index >= 15 is 0 Å². The average molecular weight is 602 g/mol. The van der Waals surface area contributed by atoms with Crippen LogP contribution in [0.5, 0.6) is 17.2 Å². The molecule has 4 aromatic carbocycles. The van der Waals surface area contributed by atoms with Gasteiger partial charge in [-0.2, -0.15) is 0 Å². The maximum absolute atomic E-state index is 14.0. The van der Waals surface area contributed by atoms with Crippen LogP contribution in [0.3, 0.4) is 0 Å². The van der Waals surface area contributed by atoms with Gasteiger partial charge in [-0.25, -0.2) is 8.42 Å². The molecule has 0 aromatic heterocycles. The molecule has 0 unspecified atom stereocenters. The minimum Gasteiger partial charge on any atom is -0.497 e. The summed E-state index contributed by atoms with van der Waals surface area (Å²) in [7, 11) is -2.60. The van der Waals surface area contributed by atoms with Gasteiger partial charge in [0, 0.05) is 13.1 Å². The Morgan fingerprint density at radius 3 is 1.93 bits per heavy atom. The van der Waals surface area contributed by atoms with Gasteiger partial charge in [-0.05, 0) is 80.1 Å². The number of carbonyl (C=O) groups is 2. The SMILES string of the molecule is CCNC(=O)[C@H](C)N(Cc1ccc(OC)cc1)C(=O)CN(c1ccc(Oc2ccccc2)cc1)S(=O)(=O)c1ccccc1. The molecule has 43 heavy (non-hydrogen) atoms. The molecule has 0 aliphatic rings. The van der Waals surface area contributed by atoms with Crippen molar-refractivity contribution in [1.29, 1.82) is 0 Å². The van der Waals surface area contributed by atoms with Gasteiger partial charge in [-0.15, -0.1) is 0 Å². The Kier molecular flexibility index (Phi) is 10.4. The highest BCUT2D eigenvalue weighted by molar-refractivity contribution is 7.92. The van der Waals surface area contributed by atoms with Crippen molar-refractivity contribution in [2.24, 2.45) is 0 Å². The van der Waals surface area contributed by atoms with Crippen LogP contribution in [-0.2, 0) is 26.2 Å². The van der Waals surface area contributed by atoms with E-state index in [9.17, 15) is 18.0 Å². The van der Waals surface area contributed by atoms with Crippen LogP contribution in [0.4, 0.5) is 5.69 Å². The normalized spacial score (nSPS) is 11.7. The van der Waals surface area contributed by atoms with E-state index in [-0.39, 0.29) is 23.0 Å². The minimum absolute atomic E-state index is 0.0332. The Morgan fingerprint density at radius 2 is 1.35 bits per heavy atom. The van der Waals surface area contributed by atoms with E-state index in [0.717, 1.165) is 9.87 Å². The van der Waals surface area contributed by atoms with Gasteiger partial charge in [-0.1, -0.05) is 48.5 Å². The van der Waals surface area contributed by atoms with E-state index in [0.29, 0.717) is 23.8 Å². The van der Waals surface area contributed by atoms with Gasteiger partial charge < -0.3 is 19.7 Å². The van der Waals surface area contributed by atoms with Crippen molar-refractivity contribution in [1.82, 2.24) is 10.2 Å². The van der Waals surface area contributed by atoms with E-state index in [1.807, 2.05) is 30.3 Å². The first-order valence-corrected chi connectivity index (χ1v) is 15.3. The number of rotatable bonds is 13. The maximum atomic E-state index is 14.0. The van der Waals surface area contributed by atoms with Crippen LogP contribution in [0.1, 0.15) is 19.4 Å². The minimum atomic E-state index is -4.16. The summed E-state index contributed by atoms with van der Waals surface area (Å²) < 4.78 is 40.0. The molecular formula is C33H35N3O6S. The lowest BCUT2D eigenvalue weighted by molar-refractivity contribution is -0.139. The van der Waals surface area contributed by atoms with Crippen LogP contribution in [-0.4, -0.2) is 51.4 Å². The lowest BCUT2D eigenvalue weighted by Gasteiger charge is -2.32. The van der Waals surface area contributed by atoms with Crippen molar-refractivity contribution in [3.8, 4) is 17.2 Å². The Labute approximate surface area is 252 Å². The highest BCUT2D eigenvalue weighted by Gasteiger charge is 2.32. The number of ether oxygens (including phenoxy) is 2. The van der Waals surface area contributed by atoms with Crippen LogP contribution in [0.15, 0.2) is 114 Å². The smallest absolute Gasteiger partial charge is 0.264 e. The summed E-state index contributed by atoms with van der Waals surface area (Å²) in [6.07, 6.45) is 0. The molecule has 0 fully saturated rings. The van der Waals surface area contributed by atoms with Gasteiger partial charge in [0.15, 0.2) is 0 Å². The van der Waals surface area contributed by atoms with Crippen molar-refractivity contribution in [2.75, 3.05) is 24.5 Å². The van der Waals surface area contributed by atoms with Crippen LogP contribution in [0, 0.1) is 0 Å². The number of hydrogen-bond donors (Lipinski definition) is 1. The zero-order valence-corrected chi connectivity index (χ0v) is 25.2. The standard InChI is InChI=1S/C33H35N3O6S/c1-4-34-33(38)25(2)35(23-26-15-19-28(41-3)20-16-26)32(37)24-36(43(39,40)31-13-9-6-10-14-31)27-17-21-30(22-18-27)42-29-11-7-5-8-12-29/h5-22,25H,4,23-24H2,1-3H3,(H,34,38)/t25-/m0/s1. The fourth-order valence-electron chi connectivity index (χ4n) is 4.39. The number of sulfonamides is 1. The Bertz CT molecular complexity index is 1600.